The van der Waals surface area contributed by atoms with E-state index in [0.29, 0.717) is 24.9 Å². The maximum Gasteiger partial charge on any atom is 0.188 e. The van der Waals surface area contributed by atoms with Gasteiger partial charge in [0.2, 0.25) is 0 Å². The number of aromatic nitrogens is 4. The molecule has 1 aromatic heterocycles. The van der Waals surface area contributed by atoms with Gasteiger partial charge in [-0.25, -0.2) is 0 Å². The molecule has 0 radical (unpaired) electrons. The van der Waals surface area contributed by atoms with Gasteiger partial charge in [0.05, 0.1) is 20.2 Å². The van der Waals surface area contributed by atoms with Crippen LogP contribution in [-0.4, -0.2) is 45.8 Å². The van der Waals surface area contributed by atoms with E-state index in [9.17, 15) is 0 Å². The van der Waals surface area contributed by atoms with Crippen LogP contribution in [0.3, 0.4) is 0 Å². The van der Waals surface area contributed by atoms with Gasteiger partial charge in [0.25, 0.3) is 0 Å². The van der Waals surface area contributed by atoms with Gasteiger partial charge < -0.3 is 10.1 Å². The van der Waals surface area contributed by atoms with Crippen molar-refractivity contribution in [2.24, 2.45) is 7.05 Å². The van der Waals surface area contributed by atoms with E-state index in [1.807, 2.05) is 0 Å². The molecule has 0 bridgehead atoms. The number of nitrogens with zero attached hydrogens (tertiary/aromatic N) is 4. The first kappa shape index (κ1) is 11.4. The van der Waals surface area contributed by atoms with Crippen molar-refractivity contribution < 1.29 is 4.74 Å². The fourth-order valence-electron chi connectivity index (χ4n) is 0.989. The quantitative estimate of drug-likeness (QED) is 0.657. The summed E-state index contributed by atoms with van der Waals surface area (Å²) in [5.74, 6) is 1.15. The van der Waals surface area contributed by atoms with Crippen molar-refractivity contribution in [3.05, 3.63) is 5.82 Å². The lowest BCUT2D eigenvalue weighted by atomic mass is 10.3. The number of ether oxygens (including phenoxy) is 1. The molecule has 0 saturated carbocycles. The summed E-state index contributed by atoms with van der Waals surface area (Å²) >= 11 is 5.71. The highest BCUT2D eigenvalue weighted by molar-refractivity contribution is 6.18. The number of tetrazole rings is 1. The third-order valence-corrected chi connectivity index (χ3v) is 2.03. The van der Waals surface area contributed by atoms with Crippen molar-refractivity contribution in [1.82, 2.24) is 25.5 Å². The minimum Gasteiger partial charge on any atom is -0.383 e. The standard InChI is InChI=1S/C7H14ClN5O/c1-13-11-7(10-12-13)4-9-6(3-8)5-14-2/h6,9H,3-5H2,1-2H3. The maximum absolute atomic E-state index is 5.71. The minimum atomic E-state index is 0.116. The predicted octanol–water partition coefficient (Wildman–Crippen LogP) is -0.447. The van der Waals surface area contributed by atoms with Gasteiger partial charge in [0.15, 0.2) is 5.82 Å². The molecule has 14 heavy (non-hydrogen) atoms. The van der Waals surface area contributed by atoms with Gasteiger partial charge in [-0.05, 0) is 5.21 Å². The molecule has 7 heteroatoms. The van der Waals surface area contributed by atoms with E-state index < -0.39 is 0 Å². The van der Waals surface area contributed by atoms with Crippen LogP contribution in [0.15, 0.2) is 0 Å². The molecule has 0 aliphatic rings. The van der Waals surface area contributed by atoms with Gasteiger partial charge in [0, 0.05) is 19.0 Å². The van der Waals surface area contributed by atoms with Crippen molar-refractivity contribution in [3.8, 4) is 0 Å². The van der Waals surface area contributed by atoms with Gasteiger partial charge in [-0.1, -0.05) is 0 Å². The van der Waals surface area contributed by atoms with Gasteiger partial charge in [0.1, 0.15) is 0 Å². The third kappa shape index (κ3) is 3.57. The molecular formula is C7H14ClN5O. The monoisotopic (exact) mass is 219 g/mol. The Labute approximate surface area is 87.6 Å². The second kappa shape index (κ2) is 5.90. The average Bonchev–Trinajstić information content (AvgIpc) is 2.59. The number of hydrogen-bond acceptors (Lipinski definition) is 5. The number of alkyl halides is 1. The number of halogens is 1. The molecule has 1 aromatic rings. The number of nitrogens with one attached hydrogen (secondary N) is 1. The van der Waals surface area contributed by atoms with Crippen molar-refractivity contribution in [1.29, 1.82) is 0 Å². The van der Waals surface area contributed by atoms with Crippen LogP contribution in [0.4, 0.5) is 0 Å². The molecule has 80 valence electrons. The van der Waals surface area contributed by atoms with E-state index in [-0.39, 0.29) is 6.04 Å². The second-order valence-corrected chi connectivity index (χ2v) is 3.19. The van der Waals surface area contributed by atoms with Crippen LogP contribution in [0.5, 0.6) is 0 Å². The Morgan fingerprint density at radius 3 is 2.93 bits per heavy atom. The molecule has 0 aromatic carbocycles. The minimum absolute atomic E-state index is 0.116. The molecule has 0 aliphatic carbocycles. The zero-order valence-corrected chi connectivity index (χ0v) is 9.03. The van der Waals surface area contributed by atoms with E-state index >= 15 is 0 Å². The average molecular weight is 220 g/mol. The Morgan fingerprint density at radius 2 is 2.43 bits per heavy atom. The number of methoxy groups -OCH3 is 1. The van der Waals surface area contributed by atoms with Crippen LogP contribution in [0.2, 0.25) is 0 Å². The van der Waals surface area contributed by atoms with Crippen LogP contribution in [0, 0.1) is 0 Å². The topological polar surface area (TPSA) is 64.9 Å². The third-order valence-electron chi connectivity index (χ3n) is 1.65. The summed E-state index contributed by atoms with van der Waals surface area (Å²) < 4.78 is 4.98. The highest BCUT2D eigenvalue weighted by Gasteiger charge is 2.07. The summed E-state index contributed by atoms with van der Waals surface area (Å²) in [7, 11) is 3.37. The Kier molecular flexibility index (Phi) is 4.78. The lowest BCUT2D eigenvalue weighted by Crippen LogP contribution is -2.34. The molecule has 0 spiro atoms. The zero-order chi connectivity index (χ0) is 10.4. The molecule has 1 atom stereocenters. The molecule has 1 unspecified atom stereocenters. The smallest absolute Gasteiger partial charge is 0.188 e. The summed E-state index contributed by atoms with van der Waals surface area (Å²) in [6.45, 7) is 1.12. The molecule has 0 saturated heterocycles. The molecule has 1 heterocycles. The molecule has 1 rings (SSSR count). The van der Waals surface area contributed by atoms with E-state index in [1.165, 1.54) is 4.80 Å². The van der Waals surface area contributed by atoms with Crippen molar-refractivity contribution in [2.75, 3.05) is 19.6 Å². The van der Waals surface area contributed by atoms with Gasteiger partial charge >= 0.3 is 0 Å². The molecule has 0 aliphatic heterocycles. The molecule has 0 fully saturated rings. The maximum atomic E-state index is 5.71. The first-order valence-corrected chi connectivity index (χ1v) is 4.81. The first-order valence-electron chi connectivity index (χ1n) is 4.27. The summed E-state index contributed by atoms with van der Waals surface area (Å²) in [4.78, 5) is 1.42. The van der Waals surface area contributed by atoms with E-state index in [0.717, 1.165) is 0 Å². The number of hydrogen-bond donors (Lipinski definition) is 1. The zero-order valence-electron chi connectivity index (χ0n) is 8.27. The van der Waals surface area contributed by atoms with Crippen LogP contribution in [0.1, 0.15) is 5.82 Å². The molecule has 0 amide bonds. The SMILES string of the molecule is COCC(CCl)NCc1nnn(C)n1. The van der Waals surface area contributed by atoms with E-state index in [1.54, 1.807) is 14.2 Å². The Bertz CT molecular complexity index is 266. The van der Waals surface area contributed by atoms with Crippen LogP contribution in [0.25, 0.3) is 0 Å². The van der Waals surface area contributed by atoms with E-state index in [2.05, 4.69) is 20.7 Å². The number of rotatable bonds is 6. The summed E-state index contributed by atoms with van der Waals surface area (Å²) in [5, 5.41) is 14.7. The lowest BCUT2D eigenvalue weighted by Gasteiger charge is -2.12. The molecule has 6 nitrogen and oxygen atoms in total. The fourth-order valence-corrected chi connectivity index (χ4v) is 1.19. The fraction of sp³-hybridized carbons (Fsp3) is 0.857. The Balaban J connectivity index is 2.31. The molecule has 1 N–H and O–H groups in total. The van der Waals surface area contributed by atoms with E-state index in [4.69, 9.17) is 16.3 Å². The van der Waals surface area contributed by atoms with Crippen molar-refractivity contribution in [3.63, 3.8) is 0 Å². The molecular weight excluding hydrogens is 206 g/mol. The van der Waals surface area contributed by atoms with Crippen molar-refractivity contribution >= 4 is 11.6 Å². The van der Waals surface area contributed by atoms with Crippen LogP contribution < -0.4 is 5.32 Å². The normalized spacial score (nSPS) is 13.1. The van der Waals surface area contributed by atoms with Gasteiger partial charge in [-0.15, -0.1) is 21.8 Å². The highest BCUT2D eigenvalue weighted by atomic mass is 35.5. The summed E-state index contributed by atoms with van der Waals surface area (Å²) in [5.41, 5.74) is 0. The summed E-state index contributed by atoms with van der Waals surface area (Å²) in [6, 6.07) is 0.116. The Morgan fingerprint density at radius 1 is 1.64 bits per heavy atom. The first-order chi connectivity index (χ1) is 6.76. The largest absolute Gasteiger partial charge is 0.383 e. The van der Waals surface area contributed by atoms with Gasteiger partial charge in [-0.3, -0.25) is 0 Å². The van der Waals surface area contributed by atoms with Crippen LogP contribution in [-0.2, 0) is 18.3 Å². The second-order valence-electron chi connectivity index (χ2n) is 2.88. The predicted molar refractivity (Wildman–Crippen MR) is 52.0 cm³/mol. The van der Waals surface area contributed by atoms with Gasteiger partial charge in [-0.2, -0.15) is 4.80 Å². The Hall–Kier alpha value is -0.720. The lowest BCUT2D eigenvalue weighted by molar-refractivity contribution is 0.172. The summed E-state index contributed by atoms with van der Waals surface area (Å²) in [6.07, 6.45) is 0. The highest BCUT2D eigenvalue weighted by Crippen LogP contribution is 1.92. The number of aryl methyl sites for hydroxylation is 1. The van der Waals surface area contributed by atoms with Crippen LogP contribution >= 0.6 is 11.6 Å². The van der Waals surface area contributed by atoms with Crippen molar-refractivity contribution in [2.45, 2.75) is 12.6 Å².